The van der Waals surface area contributed by atoms with Crippen molar-refractivity contribution in [3.63, 3.8) is 0 Å². The SMILES string of the molecule is CC1CCCN(CCn2cncn2)C1CN. The summed E-state index contributed by atoms with van der Waals surface area (Å²) >= 11 is 0. The first-order valence-corrected chi connectivity index (χ1v) is 6.08. The van der Waals surface area contributed by atoms with Crippen molar-refractivity contribution < 1.29 is 0 Å². The van der Waals surface area contributed by atoms with Crippen LogP contribution in [0, 0.1) is 5.92 Å². The van der Waals surface area contributed by atoms with Crippen LogP contribution < -0.4 is 5.73 Å². The molecule has 0 saturated carbocycles. The Hall–Kier alpha value is -0.940. The lowest BCUT2D eigenvalue weighted by Crippen LogP contribution is -2.49. The van der Waals surface area contributed by atoms with Crippen LogP contribution in [0.5, 0.6) is 0 Å². The summed E-state index contributed by atoms with van der Waals surface area (Å²) in [6.07, 6.45) is 5.95. The summed E-state index contributed by atoms with van der Waals surface area (Å²) in [6, 6.07) is 0.539. The molecule has 0 amide bonds. The Kier molecular flexibility index (Phi) is 3.90. The second kappa shape index (κ2) is 5.41. The van der Waals surface area contributed by atoms with Crippen molar-refractivity contribution in [3.8, 4) is 0 Å². The fourth-order valence-corrected chi connectivity index (χ4v) is 2.57. The van der Waals surface area contributed by atoms with E-state index in [9.17, 15) is 0 Å². The van der Waals surface area contributed by atoms with Crippen LogP contribution in [0.3, 0.4) is 0 Å². The first-order chi connectivity index (χ1) is 7.81. The van der Waals surface area contributed by atoms with Gasteiger partial charge in [0.1, 0.15) is 12.7 Å². The summed E-state index contributed by atoms with van der Waals surface area (Å²) in [5, 5.41) is 4.12. The van der Waals surface area contributed by atoms with Crippen molar-refractivity contribution in [2.75, 3.05) is 19.6 Å². The van der Waals surface area contributed by atoms with Gasteiger partial charge in [-0.3, -0.25) is 9.58 Å². The molecule has 0 radical (unpaired) electrons. The number of hydrogen-bond acceptors (Lipinski definition) is 4. The van der Waals surface area contributed by atoms with Gasteiger partial charge < -0.3 is 5.73 Å². The Bertz CT molecular complexity index is 297. The lowest BCUT2D eigenvalue weighted by atomic mass is 9.91. The van der Waals surface area contributed by atoms with E-state index in [1.807, 2.05) is 4.68 Å². The lowest BCUT2D eigenvalue weighted by Gasteiger charge is -2.39. The normalized spacial score (nSPS) is 27.1. The van der Waals surface area contributed by atoms with E-state index < -0.39 is 0 Å². The average Bonchev–Trinajstić information content (AvgIpc) is 2.79. The van der Waals surface area contributed by atoms with Gasteiger partial charge in [0.2, 0.25) is 0 Å². The standard InChI is InChI=1S/C11H21N5/c1-10-3-2-4-15(11(10)7-12)5-6-16-9-13-8-14-16/h8-11H,2-7,12H2,1H3. The van der Waals surface area contributed by atoms with Gasteiger partial charge >= 0.3 is 0 Å². The van der Waals surface area contributed by atoms with Gasteiger partial charge in [0.25, 0.3) is 0 Å². The third-order valence-corrected chi connectivity index (χ3v) is 3.56. The molecule has 2 N–H and O–H groups in total. The molecule has 1 aliphatic rings. The second-order valence-corrected chi connectivity index (χ2v) is 4.62. The van der Waals surface area contributed by atoms with Crippen molar-refractivity contribution in [2.45, 2.75) is 32.4 Å². The molecule has 2 atom stereocenters. The number of aromatic nitrogens is 3. The minimum atomic E-state index is 0.539. The minimum Gasteiger partial charge on any atom is -0.329 e. The zero-order valence-corrected chi connectivity index (χ0v) is 9.92. The van der Waals surface area contributed by atoms with Crippen molar-refractivity contribution in [3.05, 3.63) is 12.7 Å². The zero-order chi connectivity index (χ0) is 11.4. The average molecular weight is 223 g/mol. The molecule has 2 unspecified atom stereocenters. The Morgan fingerprint density at radius 1 is 1.44 bits per heavy atom. The van der Waals surface area contributed by atoms with Crippen LogP contribution in [0.4, 0.5) is 0 Å². The molecule has 16 heavy (non-hydrogen) atoms. The summed E-state index contributed by atoms with van der Waals surface area (Å²) in [7, 11) is 0. The fourth-order valence-electron chi connectivity index (χ4n) is 2.57. The maximum absolute atomic E-state index is 5.86. The van der Waals surface area contributed by atoms with Crippen molar-refractivity contribution in [2.24, 2.45) is 11.7 Å². The van der Waals surface area contributed by atoms with Crippen LogP contribution in [0.1, 0.15) is 19.8 Å². The predicted molar refractivity (Wildman–Crippen MR) is 62.8 cm³/mol. The molecule has 1 fully saturated rings. The van der Waals surface area contributed by atoms with E-state index in [0.29, 0.717) is 6.04 Å². The van der Waals surface area contributed by atoms with Crippen molar-refractivity contribution in [1.29, 1.82) is 0 Å². The highest BCUT2D eigenvalue weighted by molar-refractivity contribution is 4.82. The Morgan fingerprint density at radius 2 is 2.31 bits per heavy atom. The molecule has 0 bridgehead atoms. The van der Waals surface area contributed by atoms with Crippen LogP contribution >= 0.6 is 0 Å². The van der Waals surface area contributed by atoms with Crippen LogP contribution in [0.15, 0.2) is 12.7 Å². The summed E-state index contributed by atoms with van der Waals surface area (Å²) in [6.45, 7) is 6.16. The molecule has 1 saturated heterocycles. The molecular weight excluding hydrogens is 202 g/mol. The van der Waals surface area contributed by atoms with Gasteiger partial charge in [0, 0.05) is 19.1 Å². The molecule has 0 aliphatic carbocycles. The zero-order valence-electron chi connectivity index (χ0n) is 9.92. The largest absolute Gasteiger partial charge is 0.329 e. The number of piperidine rings is 1. The van der Waals surface area contributed by atoms with E-state index >= 15 is 0 Å². The highest BCUT2D eigenvalue weighted by Gasteiger charge is 2.26. The van der Waals surface area contributed by atoms with E-state index in [2.05, 4.69) is 21.9 Å². The van der Waals surface area contributed by atoms with Crippen LogP contribution in [0.2, 0.25) is 0 Å². The quantitative estimate of drug-likeness (QED) is 0.799. The van der Waals surface area contributed by atoms with E-state index in [-0.39, 0.29) is 0 Å². The molecule has 0 aromatic carbocycles. The van der Waals surface area contributed by atoms with E-state index in [1.54, 1.807) is 12.7 Å². The van der Waals surface area contributed by atoms with Crippen LogP contribution in [0.25, 0.3) is 0 Å². The molecule has 1 aliphatic heterocycles. The van der Waals surface area contributed by atoms with Gasteiger partial charge in [-0.1, -0.05) is 6.92 Å². The van der Waals surface area contributed by atoms with Crippen molar-refractivity contribution >= 4 is 0 Å². The highest BCUT2D eigenvalue weighted by atomic mass is 15.3. The van der Waals surface area contributed by atoms with Crippen LogP contribution in [-0.4, -0.2) is 45.3 Å². The molecule has 1 aromatic rings. The monoisotopic (exact) mass is 223 g/mol. The molecule has 1 aromatic heterocycles. The molecule has 5 heteroatoms. The van der Waals surface area contributed by atoms with Crippen LogP contribution in [-0.2, 0) is 6.54 Å². The molecular formula is C11H21N5. The molecule has 5 nitrogen and oxygen atoms in total. The maximum atomic E-state index is 5.86. The van der Waals surface area contributed by atoms with Gasteiger partial charge in [-0.15, -0.1) is 0 Å². The Balaban J connectivity index is 1.87. The van der Waals surface area contributed by atoms with Crippen molar-refractivity contribution in [1.82, 2.24) is 19.7 Å². The number of rotatable bonds is 4. The fraction of sp³-hybridized carbons (Fsp3) is 0.818. The number of nitrogens with zero attached hydrogens (tertiary/aromatic N) is 4. The molecule has 2 heterocycles. The highest BCUT2D eigenvalue weighted by Crippen LogP contribution is 2.22. The number of hydrogen-bond donors (Lipinski definition) is 1. The number of nitrogens with two attached hydrogens (primary N) is 1. The first kappa shape index (κ1) is 11.5. The molecule has 0 spiro atoms. The third kappa shape index (κ3) is 2.59. The maximum Gasteiger partial charge on any atom is 0.137 e. The minimum absolute atomic E-state index is 0.539. The third-order valence-electron chi connectivity index (χ3n) is 3.56. The van der Waals surface area contributed by atoms with Gasteiger partial charge in [0.15, 0.2) is 0 Å². The summed E-state index contributed by atoms with van der Waals surface area (Å²) < 4.78 is 1.88. The second-order valence-electron chi connectivity index (χ2n) is 4.62. The smallest absolute Gasteiger partial charge is 0.137 e. The Morgan fingerprint density at radius 3 is 3.00 bits per heavy atom. The van der Waals surface area contributed by atoms with E-state index in [1.165, 1.54) is 19.4 Å². The van der Waals surface area contributed by atoms with E-state index in [4.69, 9.17) is 5.73 Å². The van der Waals surface area contributed by atoms with Gasteiger partial charge in [-0.2, -0.15) is 5.10 Å². The number of likely N-dealkylation sites (tertiary alicyclic amines) is 1. The Labute approximate surface area is 96.6 Å². The summed E-state index contributed by atoms with van der Waals surface area (Å²) in [4.78, 5) is 6.44. The van der Waals surface area contributed by atoms with Gasteiger partial charge in [-0.25, -0.2) is 4.98 Å². The first-order valence-electron chi connectivity index (χ1n) is 6.08. The molecule has 2 rings (SSSR count). The molecule has 90 valence electrons. The van der Waals surface area contributed by atoms with Gasteiger partial charge in [0.05, 0.1) is 6.54 Å². The van der Waals surface area contributed by atoms with Gasteiger partial charge in [-0.05, 0) is 25.3 Å². The summed E-state index contributed by atoms with van der Waals surface area (Å²) in [5.74, 6) is 0.717. The lowest BCUT2D eigenvalue weighted by molar-refractivity contribution is 0.101. The van der Waals surface area contributed by atoms with E-state index in [0.717, 1.165) is 25.6 Å². The predicted octanol–water partition coefficient (Wildman–Crippen LogP) is 0.337. The topological polar surface area (TPSA) is 60.0 Å². The summed E-state index contributed by atoms with van der Waals surface area (Å²) in [5.41, 5.74) is 5.86.